The fraction of sp³-hybridized carbons (Fsp3) is 0. The van der Waals surface area contributed by atoms with Crippen LogP contribution in [-0.4, -0.2) is 4.98 Å². The zero-order valence-electron chi connectivity index (χ0n) is 11.1. The molecule has 2 N–H and O–H groups in total. The van der Waals surface area contributed by atoms with Crippen molar-refractivity contribution in [2.45, 2.75) is 0 Å². The van der Waals surface area contributed by atoms with E-state index in [4.69, 9.17) is 5.73 Å². The van der Waals surface area contributed by atoms with Crippen molar-refractivity contribution in [3.8, 4) is 22.4 Å². The van der Waals surface area contributed by atoms with Crippen molar-refractivity contribution in [1.29, 1.82) is 0 Å². The van der Waals surface area contributed by atoms with Gasteiger partial charge in [-0.3, -0.25) is 0 Å². The minimum absolute atomic E-state index is 0.258. The first-order chi connectivity index (χ1) is 10.2. The smallest absolute Gasteiger partial charge is 0.132 e. The number of nitrogens with zero attached hydrogens (tertiary/aromatic N) is 1. The predicted molar refractivity (Wildman–Crippen MR) is 79.4 cm³/mol. The van der Waals surface area contributed by atoms with Gasteiger partial charge in [0.25, 0.3) is 0 Å². The van der Waals surface area contributed by atoms with Crippen LogP contribution in [0.2, 0.25) is 0 Å². The summed E-state index contributed by atoms with van der Waals surface area (Å²) in [4.78, 5) is 4.19. The maximum atomic E-state index is 14.0. The van der Waals surface area contributed by atoms with Gasteiger partial charge >= 0.3 is 0 Å². The van der Waals surface area contributed by atoms with E-state index in [9.17, 15) is 8.78 Å². The molecule has 0 amide bonds. The monoisotopic (exact) mass is 282 g/mol. The Hall–Kier alpha value is -2.75. The van der Waals surface area contributed by atoms with E-state index in [0.29, 0.717) is 22.4 Å². The number of aromatic nitrogens is 1. The molecule has 0 bridgehead atoms. The Bertz CT molecular complexity index is 800. The van der Waals surface area contributed by atoms with Crippen molar-refractivity contribution in [3.63, 3.8) is 0 Å². The van der Waals surface area contributed by atoms with Crippen molar-refractivity contribution in [3.05, 3.63) is 72.3 Å². The number of pyridine rings is 1. The third kappa shape index (κ3) is 2.48. The Balaban J connectivity index is 2.29. The molecule has 21 heavy (non-hydrogen) atoms. The van der Waals surface area contributed by atoms with Crippen LogP contribution < -0.4 is 5.73 Å². The van der Waals surface area contributed by atoms with Gasteiger partial charge in [0.1, 0.15) is 17.5 Å². The Morgan fingerprint density at radius 3 is 1.86 bits per heavy atom. The Morgan fingerprint density at radius 2 is 1.24 bits per heavy atom. The van der Waals surface area contributed by atoms with Crippen molar-refractivity contribution in [1.82, 2.24) is 4.98 Å². The van der Waals surface area contributed by atoms with E-state index in [1.807, 2.05) is 0 Å². The first-order valence-electron chi connectivity index (χ1n) is 6.43. The summed E-state index contributed by atoms with van der Waals surface area (Å²) in [6.07, 6.45) is 0. The average molecular weight is 282 g/mol. The van der Waals surface area contributed by atoms with E-state index >= 15 is 0 Å². The van der Waals surface area contributed by atoms with E-state index in [1.165, 1.54) is 12.1 Å². The van der Waals surface area contributed by atoms with Gasteiger partial charge in [-0.2, -0.15) is 0 Å². The van der Waals surface area contributed by atoms with Crippen LogP contribution in [0.5, 0.6) is 0 Å². The van der Waals surface area contributed by atoms with Crippen molar-refractivity contribution in [2.75, 3.05) is 5.73 Å². The van der Waals surface area contributed by atoms with E-state index in [2.05, 4.69) is 4.98 Å². The predicted octanol–water partition coefficient (Wildman–Crippen LogP) is 4.28. The molecule has 0 unspecified atom stereocenters. The summed E-state index contributed by atoms with van der Waals surface area (Å²) in [6.45, 7) is 0. The third-order valence-electron chi connectivity index (χ3n) is 3.21. The maximum Gasteiger partial charge on any atom is 0.132 e. The Morgan fingerprint density at radius 1 is 0.667 bits per heavy atom. The number of rotatable bonds is 2. The number of halogens is 2. The molecule has 0 fully saturated rings. The highest BCUT2D eigenvalue weighted by Crippen LogP contribution is 2.33. The van der Waals surface area contributed by atoms with Crippen molar-refractivity contribution >= 4 is 5.82 Å². The molecular weight excluding hydrogens is 270 g/mol. The molecule has 0 saturated carbocycles. The molecule has 0 aliphatic heterocycles. The molecule has 0 aliphatic rings. The molecule has 1 aromatic heterocycles. The molecule has 1 heterocycles. The van der Waals surface area contributed by atoms with E-state index < -0.39 is 5.82 Å². The molecule has 3 rings (SSSR count). The molecule has 4 heteroatoms. The van der Waals surface area contributed by atoms with E-state index in [1.54, 1.807) is 48.5 Å². The molecule has 2 nitrogen and oxygen atoms in total. The quantitative estimate of drug-likeness (QED) is 0.762. The molecule has 0 saturated heterocycles. The van der Waals surface area contributed by atoms with Gasteiger partial charge in [0, 0.05) is 16.7 Å². The lowest BCUT2D eigenvalue weighted by Gasteiger charge is -2.11. The zero-order valence-corrected chi connectivity index (χ0v) is 11.1. The summed E-state index contributed by atoms with van der Waals surface area (Å²) in [5, 5.41) is 0. The van der Waals surface area contributed by atoms with Gasteiger partial charge in [-0.05, 0) is 30.3 Å². The SMILES string of the molecule is Nc1ccc(-c2ccccc2F)c(-c2ccccc2F)n1. The summed E-state index contributed by atoms with van der Waals surface area (Å²) in [5.41, 5.74) is 7.20. The molecule has 0 radical (unpaired) electrons. The highest BCUT2D eigenvalue weighted by Gasteiger charge is 2.15. The molecule has 104 valence electrons. The summed E-state index contributed by atoms with van der Waals surface area (Å²) in [6, 6.07) is 15.8. The minimum Gasteiger partial charge on any atom is -0.384 e. The zero-order chi connectivity index (χ0) is 14.8. The van der Waals surface area contributed by atoms with Gasteiger partial charge in [0.05, 0.1) is 5.69 Å². The highest BCUT2D eigenvalue weighted by atomic mass is 19.1. The largest absolute Gasteiger partial charge is 0.384 e. The molecule has 3 aromatic rings. The summed E-state index contributed by atoms with van der Waals surface area (Å²) in [5.74, 6) is -0.553. The number of anilines is 1. The van der Waals surface area contributed by atoms with Gasteiger partial charge in [-0.25, -0.2) is 13.8 Å². The summed E-state index contributed by atoms with van der Waals surface area (Å²) < 4.78 is 28.0. The number of nitrogens with two attached hydrogens (primary N) is 1. The second-order valence-electron chi connectivity index (χ2n) is 4.59. The summed E-state index contributed by atoms with van der Waals surface area (Å²) >= 11 is 0. The average Bonchev–Trinajstić information content (AvgIpc) is 2.49. The molecular formula is C17H12F2N2. The highest BCUT2D eigenvalue weighted by molar-refractivity contribution is 5.82. The lowest BCUT2D eigenvalue weighted by Crippen LogP contribution is -1.97. The fourth-order valence-electron chi connectivity index (χ4n) is 2.23. The van der Waals surface area contributed by atoms with Crippen LogP contribution in [0.15, 0.2) is 60.7 Å². The second-order valence-corrected chi connectivity index (χ2v) is 4.59. The number of hydrogen-bond acceptors (Lipinski definition) is 2. The standard InChI is InChI=1S/C17H12F2N2/c18-14-7-3-1-5-11(14)12-9-10-16(20)21-17(12)13-6-2-4-8-15(13)19/h1-10H,(H2,20,21). The lowest BCUT2D eigenvalue weighted by atomic mass is 9.98. The summed E-state index contributed by atoms with van der Waals surface area (Å²) in [7, 11) is 0. The minimum atomic E-state index is -0.423. The van der Waals surface area contributed by atoms with Crippen LogP contribution in [0.25, 0.3) is 22.4 Å². The van der Waals surface area contributed by atoms with Crippen LogP contribution in [0.3, 0.4) is 0 Å². The van der Waals surface area contributed by atoms with Crippen LogP contribution in [0.1, 0.15) is 0 Å². The number of benzene rings is 2. The van der Waals surface area contributed by atoms with Crippen LogP contribution in [-0.2, 0) is 0 Å². The van der Waals surface area contributed by atoms with Gasteiger partial charge < -0.3 is 5.73 Å². The van der Waals surface area contributed by atoms with Gasteiger partial charge in [-0.15, -0.1) is 0 Å². The van der Waals surface area contributed by atoms with Crippen molar-refractivity contribution < 1.29 is 8.78 Å². The first-order valence-corrected chi connectivity index (χ1v) is 6.43. The normalized spacial score (nSPS) is 10.6. The second kappa shape index (κ2) is 5.32. The van der Waals surface area contributed by atoms with Gasteiger partial charge in [0.2, 0.25) is 0 Å². The fourth-order valence-corrected chi connectivity index (χ4v) is 2.23. The third-order valence-corrected chi connectivity index (χ3v) is 3.21. The van der Waals surface area contributed by atoms with Crippen LogP contribution >= 0.6 is 0 Å². The van der Waals surface area contributed by atoms with Crippen molar-refractivity contribution in [2.24, 2.45) is 0 Å². The van der Waals surface area contributed by atoms with E-state index in [-0.39, 0.29) is 11.6 Å². The molecule has 0 spiro atoms. The van der Waals surface area contributed by atoms with Crippen LogP contribution in [0.4, 0.5) is 14.6 Å². The van der Waals surface area contributed by atoms with Crippen LogP contribution in [0, 0.1) is 11.6 Å². The molecule has 0 aliphatic carbocycles. The Labute approximate surface area is 120 Å². The molecule has 0 atom stereocenters. The molecule has 2 aromatic carbocycles. The Kier molecular flexibility index (Phi) is 3.36. The maximum absolute atomic E-state index is 14.0. The first kappa shape index (κ1) is 13.2. The van der Waals surface area contributed by atoms with E-state index in [0.717, 1.165) is 0 Å². The number of nitrogen functional groups attached to an aromatic ring is 1. The van der Waals surface area contributed by atoms with Gasteiger partial charge in [0.15, 0.2) is 0 Å². The topological polar surface area (TPSA) is 38.9 Å². The number of hydrogen-bond donors (Lipinski definition) is 1. The lowest BCUT2D eigenvalue weighted by molar-refractivity contribution is 0.629. The van der Waals surface area contributed by atoms with Gasteiger partial charge in [-0.1, -0.05) is 30.3 Å².